The number of ether oxygens (including phenoxy) is 1. The molecule has 0 aliphatic carbocycles. The lowest BCUT2D eigenvalue weighted by Crippen LogP contribution is -2.27. The summed E-state index contributed by atoms with van der Waals surface area (Å²) in [5.41, 5.74) is -0.0356. The first-order valence-electron chi connectivity index (χ1n) is 6.07. The molecule has 1 N–H and O–H groups in total. The fourth-order valence-electron chi connectivity index (χ4n) is 1.74. The molecule has 2 aromatic rings. The van der Waals surface area contributed by atoms with Crippen molar-refractivity contribution >= 4 is 75.8 Å². The number of hydrogen-bond acceptors (Lipinski definition) is 5. The zero-order chi connectivity index (χ0) is 18.1. The summed E-state index contributed by atoms with van der Waals surface area (Å²) >= 11 is 28.6. The third-order valence-electron chi connectivity index (χ3n) is 2.77. The molecular weight excluding hydrogens is 425 g/mol. The number of nitrogens with one attached hydrogen (secondary N) is 1. The number of methoxy groups -OCH3 is 1. The van der Waals surface area contributed by atoms with Gasteiger partial charge in [-0.2, -0.15) is 0 Å². The van der Waals surface area contributed by atoms with Gasteiger partial charge in [-0.05, 0) is 12.1 Å². The fourth-order valence-corrected chi connectivity index (χ4v) is 2.45. The van der Waals surface area contributed by atoms with Gasteiger partial charge in [0.15, 0.2) is 5.56 Å². The van der Waals surface area contributed by atoms with Crippen LogP contribution in [0, 0.1) is 0 Å². The van der Waals surface area contributed by atoms with Crippen molar-refractivity contribution in [2.45, 2.75) is 3.79 Å². The lowest BCUT2D eigenvalue weighted by molar-refractivity contribution is -0.115. The van der Waals surface area contributed by atoms with Crippen molar-refractivity contribution in [1.29, 1.82) is 0 Å². The molecule has 1 heterocycles. The Balaban J connectivity index is 2.59. The van der Waals surface area contributed by atoms with Crippen molar-refractivity contribution < 1.29 is 18.8 Å². The first-order chi connectivity index (χ1) is 11.2. The second kappa shape index (κ2) is 7.37. The number of esters is 1. The molecule has 128 valence electrons. The molecule has 0 aliphatic heterocycles. The van der Waals surface area contributed by atoms with Gasteiger partial charge in [0, 0.05) is 5.56 Å². The normalized spacial score (nSPS) is 11.2. The van der Waals surface area contributed by atoms with Crippen molar-refractivity contribution in [3.63, 3.8) is 0 Å². The molecule has 0 unspecified atom stereocenters. The van der Waals surface area contributed by atoms with Crippen LogP contribution in [0.4, 0.5) is 5.88 Å². The summed E-state index contributed by atoms with van der Waals surface area (Å²) in [6, 6.07) is 4.69. The zero-order valence-corrected chi connectivity index (χ0v) is 15.5. The molecule has 0 saturated carbocycles. The quantitative estimate of drug-likeness (QED) is 0.560. The molecule has 11 heteroatoms. The molecule has 0 atom stereocenters. The van der Waals surface area contributed by atoms with Gasteiger partial charge >= 0.3 is 5.97 Å². The molecule has 24 heavy (non-hydrogen) atoms. The summed E-state index contributed by atoms with van der Waals surface area (Å²) in [4.78, 5) is 23.9. The summed E-state index contributed by atoms with van der Waals surface area (Å²) in [7, 11) is 1.13. The van der Waals surface area contributed by atoms with Gasteiger partial charge < -0.3 is 9.26 Å². The molecule has 0 radical (unpaired) electrons. The van der Waals surface area contributed by atoms with E-state index in [0.717, 1.165) is 7.11 Å². The van der Waals surface area contributed by atoms with Crippen LogP contribution >= 0.6 is 58.0 Å². The summed E-state index contributed by atoms with van der Waals surface area (Å²) in [5.74, 6) is -2.28. The lowest BCUT2D eigenvalue weighted by atomic mass is 10.1. The minimum atomic E-state index is -2.28. The van der Waals surface area contributed by atoms with Crippen LogP contribution in [-0.4, -0.2) is 27.9 Å². The molecule has 1 aromatic heterocycles. The van der Waals surface area contributed by atoms with E-state index in [1.807, 2.05) is 0 Å². The number of carbonyl (C=O) groups excluding carboxylic acids is 2. The SMILES string of the molecule is COC(=O)c1c(-c2c(Cl)cccc2Cl)noc1NC(=O)C(Cl)(Cl)Cl. The summed E-state index contributed by atoms with van der Waals surface area (Å²) < 4.78 is 7.37. The first kappa shape index (κ1) is 19.1. The van der Waals surface area contributed by atoms with Gasteiger partial charge in [-0.1, -0.05) is 69.2 Å². The molecule has 0 spiro atoms. The molecule has 1 aromatic carbocycles. The van der Waals surface area contributed by atoms with E-state index in [1.54, 1.807) is 6.07 Å². The van der Waals surface area contributed by atoms with Crippen LogP contribution in [0.3, 0.4) is 0 Å². The number of anilines is 1. The number of rotatable bonds is 3. The van der Waals surface area contributed by atoms with E-state index < -0.39 is 15.7 Å². The van der Waals surface area contributed by atoms with Crippen LogP contribution in [0.25, 0.3) is 11.3 Å². The minimum Gasteiger partial charge on any atom is -0.465 e. The first-order valence-corrected chi connectivity index (χ1v) is 7.96. The number of nitrogens with zero attached hydrogens (tertiary/aromatic N) is 1. The third-order valence-corrected chi connectivity index (χ3v) is 3.91. The maximum Gasteiger partial charge on any atom is 0.345 e. The van der Waals surface area contributed by atoms with Crippen LogP contribution in [-0.2, 0) is 9.53 Å². The maximum absolute atomic E-state index is 12.1. The van der Waals surface area contributed by atoms with E-state index in [0.29, 0.717) is 0 Å². The van der Waals surface area contributed by atoms with Crippen molar-refractivity contribution in [3.8, 4) is 11.3 Å². The van der Waals surface area contributed by atoms with Gasteiger partial charge in [-0.3, -0.25) is 10.1 Å². The number of alkyl halides is 3. The Morgan fingerprint density at radius 1 is 1.21 bits per heavy atom. The van der Waals surface area contributed by atoms with E-state index in [2.05, 4.69) is 15.2 Å². The molecule has 6 nitrogen and oxygen atoms in total. The molecule has 1 amide bonds. The predicted molar refractivity (Wildman–Crippen MR) is 92.2 cm³/mol. The van der Waals surface area contributed by atoms with E-state index in [-0.39, 0.29) is 32.8 Å². The van der Waals surface area contributed by atoms with Crippen LogP contribution in [0.2, 0.25) is 10.0 Å². The summed E-state index contributed by atoms with van der Waals surface area (Å²) in [5, 5.41) is 6.28. The Morgan fingerprint density at radius 3 is 2.29 bits per heavy atom. The monoisotopic (exact) mass is 430 g/mol. The number of carbonyl (C=O) groups is 2. The van der Waals surface area contributed by atoms with Crippen molar-refractivity contribution in [1.82, 2.24) is 5.16 Å². The Morgan fingerprint density at radius 2 is 1.79 bits per heavy atom. The molecule has 0 fully saturated rings. The van der Waals surface area contributed by atoms with Gasteiger partial charge in [0.1, 0.15) is 5.69 Å². The third kappa shape index (κ3) is 3.90. The van der Waals surface area contributed by atoms with Crippen molar-refractivity contribution in [2.24, 2.45) is 0 Å². The van der Waals surface area contributed by atoms with Gasteiger partial charge in [0.25, 0.3) is 9.70 Å². The van der Waals surface area contributed by atoms with Crippen LogP contribution in [0.5, 0.6) is 0 Å². The smallest absolute Gasteiger partial charge is 0.345 e. The number of hydrogen-bond donors (Lipinski definition) is 1. The predicted octanol–water partition coefficient (Wildman–Crippen LogP) is 4.74. The van der Waals surface area contributed by atoms with E-state index in [1.165, 1.54) is 12.1 Å². The molecule has 0 bridgehead atoms. The van der Waals surface area contributed by atoms with E-state index >= 15 is 0 Å². The average Bonchev–Trinajstić information content (AvgIpc) is 2.88. The van der Waals surface area contributed by atoms with Crippen LogP contribution in [0.1, 0.15) is 10.4 Å². The Bertz CT molecular complexity index is 780. The molecular formula is C13H7Cl5N2O4. The van der Waals surface area contributed by atoms with Gasteiger partial charge in [0.05, 0.1) is 17.2 Å². The highest BCUT2D eigenvalue weighted by Crippen LogP contribution is 2.39. The number of benzene rings is 1. The summed E-state index contributed by atoms with van der Waals surface area (Å²) in [6.45, 7) is 0. The van der Waals surface area contributed by atoms with Crippen LogP contribution in [0.15, 0.2) is 22.7 Å². The lowest BCUT2D eigenvalue weighted by Gasteiger charge is -2.10. The second-order valence-electron chi connectivity index (χ2n) is 4.28. The number of halogens is 5. The van der Waals surface area contributed by atoms with Crippen molar-refractivity contribution in [3.05, 3.63) is 33.8 Å². The van der Waals surface area contributed by atoms with Gasteiger partial charge in [-0.25, -0.2) is 4.79 Å². The standard InChI is InChI=1S/C13H7Cl5N2O4/c1-23-11(21)8-9(7-5(14)3-2-4-6(7)15)20-24-10(8)19-12(22)13(16,17)18/h2-4H,1H3,(H,19,22). The Labute approximate surface area is 160 Å². The largest absolute Gasteiger partial charge is 0.465 e. The second-order valence-corrected chi connectivity index (χ2v) is 7.37. The Hall–Kier alpha value is -1.18. The maximum atomic E-state index is 12.1. The van der Waals surface area contributed by atoms with Crippen molar-refractivity contribution in [2.75, 3.05) is 12.4 Å². The minimum absolute atomic E-state index is 0.0305. The topological polar surface area (TPSA) is 81.4 Å². The highest BCUT2D eigenvalue weighted by molar-refractivity contribution is 6.76. The summed E-state index contributed by atoms with van der Waals surface area (Å²) in [6.07, 6.45) is 0. The number of aromatic nitrogens is 1. The van der Waals surface area contributed by atoms with Gasteiger partial charge in [-0.15, -0.1) is 0 Å². The highest BCUT2D eigenvalue weighted by Gasteiger charge is 2.35. The average molecular weight is 432 g/mol. The van der Waals surface area contributed by atoms with E-state index in [9.17, 15) is 9.59 Å². The van der Waals surface area contributed by atoms with Crippen LogP contribution < -0.4 is 5.32 Å². The Kier molecular flexibility index (Phi) is 5.88. The molecule has 0 aliphatic rings. The fraction of sp³-hybridized carbons (Fsp3) is 0.154. The highest BCUT2D eigenvalue weighted by atomic mass is 35.6. The molecule has 2 rings (SSSR count). The zero-order valence-electron chi connectivity index (χ0n) is 11.7. The molecule has 0 saturated heterocycles. The van der Waals surface area contributed by atoms with E-state index in [4.69, 9.17) is 62.5 Å². The number of amides is 1. The van der Waals surface area contributed by atoms with Gasteiger partial charge in [0.2, 0.25) is 5.88 Å².